The van der Waals surface area contributed by atoms with Crippen LogP contribution < -0.4 is 9.47 Å². The fourth-order valence-electron chi connectivity index (χ4n) is 9.97. The summed E-state index contributed by atoms with van der Waals surface area (Å²) < 4.78 is 10.8. The van der Waals surface area contributed by atoms with Crippen molar-refractivity contribution in [3.63, 3.8) is 0 Å². The van der Waals surface area contributed by atoms with Gasteiger partial charge >= 0.3 is 0 Å². The molecule has 0 N–H and O–H groups in total. The smallest absolute Gasteiger partial charge is 0.118 e. The van der Waals surface area contributed by atoms with Gasteiger partial charge in [0.25, 0.3) is 0 Å². The van der Waals surface area contributed by atoms with Gasteiger partial charge in [0, 0.05) is 4.32 Å². The van der Waals surface area contributed by atoms with Crippen LogP contribution in [-0.2, 0) is 5.41 Å². The zero-order chi connectivity index (χ0) is 25.5. The summed E-state index contributed by atoms with van der Waals surface area (Å²) in [5.41, 5.74) is 2.11. The van der Waals surface area contributed by atoms with E-state index in [0.29, 0.717) is 9.74 Å². The maximum atomic E-state index is 5.29. The number of halogens is 1. The average molecular weight is 566 g/mol. The molecule has 0 atom stereocenters. The first-order chi connectivity index (χ1) is 17.9. The Kier molecular flexibility index (Phi) is 7.38. The number of alkyl halides is 1. The SMILES string of the molecule is BrC12CC3CC(CC(C3)C1)C2.COc1ccc(C23CC4CC(CC(C4)C2)C3)cc1.COc1ccccc1. The molecule has 8 aliphatic carbocycles. The van der Waals surface area contributed by atoms with Gasteiger partial charge in [-0.05, 0) is 148 Å². The van der Waals surface area contributed by atoms with Gasteiger partial charge in [-0.25, -0.2) is 0 Å². The summed E-state index contributed by atoms with van der Waals surface area (Å²) in [5.74, 6) is 8.27. The standard InChI is InChI=1S/C17H22O.C10H15Br.C7H8O/c1-18-16-4-2-15(3-5-16)17-9-12-6-13(10-17)8-14(7-12)11-17;11-10-4-7-1-8(5-10)3-9(2-7)6-10;1-8-7-5-3-2-4-6-7/h2-5,12-14H,6-11H2,1H3;7-9H,1-6H2;2-6H,1H3. The van der Waals surface area contributed by atoms with E-state index in [1.54, 1.807) is 39.0 Å². The predicted octanol–water partition coefficient (Wildman–Crippen LogP) is 9.21. The van der Waals surface area contributed by atoms with Crippen molar-refractivity contribution in [1.82, 2.24) is 0 Å². The number of hydrogen-bond acceptors (Lipinski definition) is 2. The van der Waals surface area contributed by atoms with Crippen molar-refractivity contribution in [2.45, 2.75) is 86.8 Å². The zero-order valence-corrected chi connectivity index (χ0v) is 24.4. The van der Waals surface area contributed by atoms with Gasteiger partial charge in [-0.2, -0.15) is 0 Å². The highest BCUT2D eigenvalue weighted by Gasteiger charge is 2.51. The Labute approximate surface area is 233 Å². The lowest BCUT2D eigenvalue weighted by molar-refractivity contribution is -0.00520. The summed E-state index contributed by atoms with van der Waals surface area (Å²) in [7, 11) is 3.41. The average Bonchev–Trinajstić information content (AvgIpc) is 2.88. The largest absolute Gasteiger partial charge is 0.497 e. The second kappa shape index (κ2) is 10.6. The van der Waals surface area contributed by atoms with Gasteiger partial charge in [0.1, 0.15) is 11.5 Å². The summed E-state index contributed by atoms with van der Waals surface area (Å²) in [6.07, 6.45) is 18.1. The summed E-state index contributed by atoms with van der Waals surface area (Å²) in [6, 6.07) is 18.6. The first-order valence-electron chi connectivity index (χ1n) is 14.9. The van der Waals surface area contributed by atoms with E-state index in [9.17, 15) is 0 Å². The van der Waals surface area contributed by atoms with Crippen molar-refractivity contribution < 1.29 is 9.47 Å². The van der Waals surface area contributed by atoms with Crippen LogP contribution in [0.5, 0.6) is 11.5 Å². The number of methoxy groups -OCH3 is 2. The van der Waals surface area contributed by atoms with Crippen LogP contribution >= 0.6 is 15.9 Å². The van der Waals surface area contributed by atoms with E-state index in [0.717, 1.165) is 47.0 Å². The number of hydrogen-bond donors (Lipinski definition) is 0. The van der Waals surface area contributed by atoms with Crippen LogP contribution in [0.2, 0.25) is 0 Å². The Bertz CT molecular complexity index is 959. The van der Waals surface area contributed by atoms with Crippen LogP contribution in [0.3, 0.4) is 0 Å². The van der Waals surface area contributed by atoms with Crippen LogP contribution in [0.1, 0.15) is 82.6 Å². The van der Waals surface area contributed by atoms with Crippen molar-refractivity contribution in [3.8, 4) is 11.5 Å². The van der Waals surface area contributed by atoms with Crippen LogP contribution in [-0.4, -0.2) is 18.5 Å². The molecule has 37 heavy (non-hydrogen) atoms. The van der Waals surface area contributed by atoms with Crippen molar-refractivity contribution in [1.29, 1.82) is 0 Å². The molecule has 2 aromatic rings. The Morgan fingerprint density at radius 1 is 0.541 bits per heavy atom. The molecular formula is C34H45BrO2. The third-order valence-corrected chi connectivity index (χ3v) is 11.7. The van der Waals surface area contributed by atoms with Gasteiger partial charge in [0.2, 0.25) is 0 Å². The van der Waals surface area contributed by atoms with E-state index in [1.165, 1.54) is 57.8 Å². The fourth-order valence-corrected chi connectivity index (χ4v) is 11.3. The molecule has 0 radical (unpaired) electrons. The molecule has 0 unspecified atom stereocenters. The van der Waals surface area contributed by atoms with Gasteiger partial charge < -0.3 is 9.47 Å². The van der Waals surface area contributed by atoms with Crippen LogP contribution in [0, 0.1) is 35.5 Å². The quantitative estimate of drug-likeness (QED) is 0.346. The molecule has 2 nitrogen and oxygen atoms in total. The van der Waals surface area contributed by atoms with E-state index in [2.05, 4.69) is 40.2 Å². The molecule has 10 rings (SSSR count). The van der Waals surface area contributed by atoms with Crippen molar-refractivity contribution in [3.05, 3.63) is 60.2 Å². The topological polar surface area (TPSA) is 18.5 Å². The van der Waals surface area contributed by atoms with E-state index in [4.69, 9.17) is 9.47 Å². The third-order valence-electron chi connectivity index (χ3n) is 10.7. The molecule has 8 saturated carbocycles. The summed E-state index contributed by atoms with van der Waals surface area (Å²) in [4.78, 5) is 0. The Balaban J connectivity index is 0.000000113. The highest BCUT2D eigenvalue weighted by Crippen LogP contribution is 2.61. The lowest BCUT2D eigenvalue weighted by atomic mass is 9.48. The van der Waals surface area contributed by atoms with Crippen LogP contribution in [0.4, 0.5) is 0 Å². The molecule has 0 amide bonds. The molecule has 2 aromatic carbocycles. The zero-order valence-electron chi connectivity index (χ0n) is 22.8. The minimum Gasteiger partial charge on any atom is -0.497 e. The number of benzene rings is 2. The highest BCUT2D eigenvalue weighted by molar-refractivity contribution is 9.10. The Hall–Kier alpha value is -1.48. The fraction of sp³-hybridized carbons (Fsp3) is 0.647. The van der Waals surface area contributed by atoms with Crippen molar-refractivity contribution >= 4 is 15.9 Å². The second-order valence-electron chi connectivity index (χ2n) is 13.5. The van der Waals surface area contributed by atoms with Crippen LogP contribution in [0.15, 0.2) is 54.6 Å². The molecule has 0 saturated heterocycles. The number of para-hydroxylation sites is 1. The number of ether oxygens (including phenoxy) is 2. The Morgan fingerprint density at radius 2 is 0.919 bits per heavy atom. The molecule has 0 heterocycles. The minimum atomic E-state index is 0.529. The van der Waals surface area contributed by atoms with E-state index in [-0.39, 0.29) is 0 Å². The first kappa shape index (κ1) is 25.8. The maximum Gasteiger partial charge on any atom is 0.118 e. The molecular weight excluding hydrogens is 520 g/mol. The molecule has 0 aromatic heterocycles. The van der Waals surface area contributed by atoms with Gasteiger partial charge in [-0.3, -0.25) is 0 Å². The van der Waals surface area contributed by atoms with Gasteiger partial charge in [-0.15, -0.1) is 0 Å². The normalized spacial score (nSPS) is 39.8. The minimum absolute atomic E-state index is 0.529. The van der Waals surface area contributed by atoms with Crippen LogP contribution in [0.25, 0.3) is 0 Å². The maximum absolute atomic E-state index is 5.29. The van der Waals surface area contributed by atoms with E-state index in [1.807, 2.05) is 30.3 Å². The first-order valence-corrected chi connectivity index (χ1v) is 15.7. The Morgan fingerprint density at radius 3 is 1.27 bits per heavy atom. The third kappa shape index (κ3) is 5.63. The van der Waals surface area contributed by atoms with E-state index >= 15 is 0 Å². The van der Waals surface area contributed by atoms with Crippen molar-refractivity contribution in [2.24, 2.45) is 35.5 Å². The lowest BCUT2D eigenvalue weighted by Gasteiger charge is -2.57. The molecule has 0 aliphatic heterocycles. The molecule has 0 spiro atoms. The molecule has 8 aliphatic rings. The molecule has 8 bridgehead atoms. The molecule has 200 valence electrons. The predicted molar refractivity (Wildman–Crippen MR) is 156 cm³/mol. The molecule has 3 heteroatoms. The molecule has 8 fully saturated rings. The highest BCUT2D eigenvalue weighted by atomic mass is 79.9. The number of rotatable bonds is 3. The summed E-state index contributed by atoms with van der Waals surface area (Å²) in [5, 5.41) is 0. The van der Waals surface area contributed by atoms with Crippen molar-refractivity contribution in [2.75, 3.05) is 14.2 Å². The summed E-state index contributed by atoms with van der Waals surface area (Å²) >= 11 is 3.96. The monoisotopic (exact) mass is 564 g/mol. The van der Waals surface area contributed by atoms with Gasteiger partial charge in [0.15, 0.2) is 0 Å². The van der Waals surface area contributed by atoms with Gasteiger partial charge in [0.05, 0.1) is 14.2 Å². The second-order valence-corrected chi connectivity index (χ2v) is 15.2. The van der Waals surface area contributed by atoms with Gasteiger partial charge in [-0.1, -0.05) is 46.3 Å². The lowest BCUT2D eigenvalue weighted by Crippen LogP contribution is -2.48. The summed E-state index contributed by atoms with van der Waals surface area (Å²) in [6.45, 7) is 0. The van der Waals surface area contributed by atoms with E-state index < -0.39 is 0 Å².